The van der Waals surface area contributed by atoms with Crippen LogP contribution >= 0.6 is 11.3 Å². The van der Waals surface area contributed by atoms with Gasteiger partial charge in [-0.15, -0.1) is 11.3 Å². The van der Waals surface area contributed by atoms with Gasteiger partial charge in [-0.05, 0) is 25.9 Å². The summed E-state index contributed by atoms with van der Waals surface area (Å²) in [5, 5.41) is 19.9. The maximum absolute atomic E-state index is 10.8. The second-order valence-corrected chi connectivity index (χ2v) is 5.26. The van der Waals surface area contributed by atoms with Gasteiger partial charge in [0.1, 0.15) is 5.01 Å². The summed E-state index contributed by atoms with van der Waals surface area (Å²) in [5.74, 6) is -1.98. The second kappa shape index (κ2) is 5.45. The summed E-state index contributed by atoms with van der Waals surface area (Å²) in [6.45, 7) is 2.04. The highest BCUT2D eigenvalue weighted by Gasteiger charge is 2.24. The van der Waals surface area contributed by atoms with Crippen molar-refractivity contribution >= 4 is 23.3 Å². The van der Waals surface area contributed by atoms with Crippen molar-refractivity contribution in [2.45, 2.75) is 19.4 Å². The Morgan fingerprint density at radius 3 is 2.56 bits per heavy atom. The zero-order chi connectivity index (χ0) is 13.1. The molecule has 1 aromatic rings. The van der Waals surface area contributed by atoms with Gasteiger partial charge in [-0.3, -0.25) is 9.69 Å². The van der Waals surface area contributed by atoms with E-state index in [1.807, 2.05) is 0 Å². The van der Waals surface area contributed by atoms with E-state index in [1.165, 1.54) is 16.7 Å². The van der Waals surface area contributed by atoms with Crippen molar-refractivity contribution in [3.8, 4) is 0 Å². The standard InChI is InChI=1S/C11H14N2O4S/c14-10(15)7-1-3-13(4-2-7)5-9-12-8(6-18-9)11(16)17/h6-7H,1-5H2,(H,14,15)(H,16,17). The van der Waals surface area contributed by atoms with E-state index in [2.05, 4.69) is 9.88 Å². The fourth-order valence-electron chi connectivity index (χ4n) is 2.01. The Balaban J connectivity index is 1.87. The van der Waals surface area contributed by atoms with Crippen molar-refractivity contribution in [1.29, 1.82) is 0 Å². The molecule has 1 aromatic heterocycles. The molecule has 1 saturated heterocycles. The molecule has 1 fully saturated rings. The number of aromatic nitrogens is 1. The van der Waals surface area contributed by atoms with Gasteiger partial charge in [-0.1, -0.05) is 0 Å². The van der Waals surface area contributed by atoms with Crippen LogP contribution in [0.2, 0.25) is 0 Å². The molecule has 2 N–H and O–H groups in total. The Labute approximate surface area is 108 Å². The maximum Gasteiger partial charge on any atom is 0.355 e. The van der Waals surface area contributed by atoms with Gasteiger partial charge in [0.25, 0.3) is 0 Å². The molecule has 0 amide bonds. The van der Waals surface area contributed by atoms with Gasteiger partial charge < -0.3 is 10.2 Å². The number of carbonyl (C=O) groups is 2. The topological polar surface area (TPSA) is 90.7 Å². The molecule has 7 heteroatoms. The van der Waals surface area contributed by atoms with Crippen LogP contribution in [0.25, 0.3) is 0 Å². The van der Waals surface area contributed by atoms with Crippen molar-refractivity contribution in [2.24, 2.45) is 5.92 Å². The lowest BCUT2D eigenvalue weighted by Gasteiger charge is -2.29. The molecule has 2 rings (SSSR count). The second-order valence-electron chi connectivity index (χ2n) is 4.32. The minimum absolute atomic E-state index is 0.0791. The van der Waals surface area contributed by atoms with E-state index < -0.39 is 11.9 Å². The SMILES string of the molecule is O=C(O)c1csc(CN2CCC(C(=O)O)CC2)n1. The number of nitrogens with zero attached hydrogens (tertiary/aromatic N) is 2. The maximum atomic E-state index is 10.8. The number of hydrogen-bond acceptors (Lipinski definition) is 5. The number of aliphatic carboxylic acids is 1. The van der Waals surface area contributed by atoms with Gasteiger partial charge >= 0.3 is 11.9 Å². The van der Waals surface area contributed by atoms with Gasteiger partial charge in [0.2, 0.25) is 0 Å². The number of piperidine rings is 1. The van der Waals surface area contributed by atoms with Crippen LogP contribution in [0.5, 0.6) is 0 Å². The number of carboxylic acids is 2. The molecule has 1 aliphatic heterocycles. The summed E-state index contributed by atoms with van der Waals surface area (Å²) in [4.78, 5) is 27.6. The summed E-state index contributed by atoms with van der Waals surface area (Å²) in [6.07, 6.45) is 1.29. The van der Waals surface area contributed by atoms with E-state index in [0.29, 0.717) is 19.4 Å². The highest BCUT2D eigenvalue weighted by Crippen LogP contribution is 2.20. The Kier molecular flexibility index (Phi) is 3.93. The molecule has 0 radical (unpaired) electrons. The smallest absolute Gasteiger partial charge is 0.355 e. The van der Waals surface area contributed by atoms with E-state index in [9.17, 15) is 9.59 Å². The fraction of sp³-hybridized carbons (Fsp3) is 0.545. The Morgan fingerprint density at radius 1 is 1.39 bits per heavy atom. The molecule has 6 nitrogen and oxygen atoms in total. The normalized spacial score (nSPS) is 17.8. The molecular weight excluding hydrogens is 256 g/mol. The van der Waals surface area contributed by atoms with Gasteiger partial charge in [-0.2, -0.15) is 0 Å². The third-order valence-corrected chi connectivity index (χ3v) is 3.90. The average Bonchev–Trinajstić information content (AvgIpc) is 2.78. The zero-order valence-electron chi connectivity index (χ0n) is 9.70. The number of hydrogen-bond donors (Lipinski definition) is 2. The molecule has 0 aliphatic carbocycles. The van der Waals surface area contributed by atoms with E-state index in [0.717, 1.165) is 18.1 Å². The van der Waals surface area contributed by atoms with Gasteiger partial charge in [0.05, 0.1) is 12.5 Å². The average molecular weight is 270 g/mol. The number of likely N-dealkylation sites (tertiary alicyclic amines) is 1. The largest absolute Gasteiger partial charge is 0.481 e. The van der Waals surface area contributed by atoms with Crippen LogP contribution in [0.15, 0.2) is 5.38 Å². The van der Waals surface area contributed by atoms with Crippen LogP contribution in [0.1, 0.15) is 28.3 Å². The Morgan fingerprint density at radius 2 is 2.06 bits per heavy atom. The van der Waals surface area contributed by atoms with Gasteiger partial charge in [0, 0.05) is 5.38 Å². The van der Waals surface area contributed by atoms with Crippen LogP contribution in [0, 0.1) is 5.92 Å². The highest BCUT2D eigenvalue weighted by molar-refractivity contribution is 7.09. The predicted molar refractivity (Wildman–Crippen MR) is 64.7 cm³/mol. The molecule has 0 saturated carbocycles. The number of carboxylic acid groups (broad SMARTS) is 2. The third-order valence-electron chi connectivity index (χ3n) is 3.07. The van der Waals surface area contributed by atoms with E-state index in [4.69, 9.17) is 10.2 Å². The summed E-state index contributed by atoms with van der Waals surface area (Å²) in [6, 6.07) is 0. The first kappa shape index (κ1) is 13.0. The van der Waals surface area contributed by atoms with Crippen molar-refractivity contribution in [2.75, 3.05) is 13.1 Å². The quantitative estimate of drug-likeness (QED) is 0.852. The van der Waals surface area contributed by atoms with Crippen molar-refractivity contribution in [1.82, 2.24) is 9.88 Å². The molecule has 0 unspecified atom stereocenters. The lowest BCUT2D eigenvalue weighted by molar-refractivity contribution is -0.143. The van der Waals surface area contributed by atoms with Gasteiger partial charge in [-0.25, -0.2) is 9.78 Å². The van der Waals surface area contributed by atoms with Crippen molar-refractivity contribution in [3.05, 3.63) is 16.1 Å². The molecule has 0 aromatic carbocycles. The predicted octanol–water partition coefficient (Wildman–Crippen LogP) is 1.14. The Hall–Kier alpha value is -1.47. The highest BCUT2D eigenvalue weighted by atomic mass is 32.1. The van der Waals surface area contributed by atoms with E-state index in [1.54, 1.807) is 0 Å². The zero-order valence-corrected chi connectivity index (χ0v) is 10.5. The molecule has 2 heterocycles. The van der Waals surface area contributed by atoms with Crippen molar-refractivity contribution in [3.63, 3.8) is 0 Å². The lowest BCUT2D eigenvalue weighted by atomic mass is 9.97. The number of aromatic carboxylic acids is 1. The molecule has 98 valence electrons. The summed E-state index contributed by atoms with van der Waals surface area (Å²) >= 11 is 1.33. The minimum Gasteiger partial charge on any atom is -0.481 e. The molecule has 0 atom stereocenters. The summed E-state index contributed by atoms with van der Waals surface area (Å²) in [7, 11) is 0. The molecule has 0 spiro atoms. The van der Waals surface area contributed by atoms with Crippen LogP contribution in [0.3, 0.4) is 0 Å². The monoisotopic (exact) mass is 270 g/mol. The molecule has 1 aliphatic rings. The minimum atomic E-state index is -1.01. The third kappa shape index (κ3) is 3.05. The first-order chi connectivity index (χ1) is 8.56. The van der Waals surface area contributed by atoms with Crippen LogP contribution in [0.4, 0.5) is 0 Å². The molecule has 18 heavy (non-hydrogen) atoms. The first-order valence-electron chi connectivity index (χ1n) is 5.69. The summed E-state index contributed by atoms with van der Waals surface area (Å²) in [5.41, 5.74) is 0.0791. The lowest BCUT2D eigenvalue weighted by Crippen LogP contribution is -2.35. The van der Waals surface area contributed by atoms with Crippen LogP contribution < -0.4 is 0 Å². The van der Waals surface area contributed by atoms with Crippen LogP contribution in [-0.2, 0) is 11.3 Å². The van der Waals surface area contributed by atoms with E-state index in [-0.39, 0.29) is 11.6 Å². The Bertz CT molecular complexity index is 452. The number of rotatable bonds is 4. The molecule has 0 bridgehead atoms. The van der Waals surface area contributed by atoms with Crippen molar-refractivity contribution < 1.29 is 19.8 Å². The van der Waals surface area contributed by atoms with Crippen LogP contribution in [-0.4, -0.2) is 45.1 Å². The van der Waals surface area contributed by atoms with E-state index >= 15 is 0 Å². The number of thiazole rings is 1. The summed E-state index contributed by atoms with van der Waals surface area (Å²) < 4.78 is 0. The first-order valence-corrected chi connectivity index (χ1v) is 6.57. The van der Waals surface area contributed by atoms with Gasteiger partial charge in [0.15, 0.2) is 5.69 Å². The fourth-order valence-corrected chi connectivity index (χ4v) is 2.82. The molecular formula is C11H14N2O4S.